The van der Waals surface area contributed by atoms with Crippen molar-refractivity contribution in [1.82, 2.24) is 19.9 Å². The average Bonchev–Trinajstić information content (AvgIpc) is 3.17. The number of aromatic nitrogens is 2. The fourth-order valence-corrected chi connectivity index (χ4v) is 3.85. The van der Waals surface area contributed by atoms with Gasteiger partial charge in [-0.25, -0.2) is 0 Å². The zero-order valence-electron chi connectivity index (χ0n) is 15.8. The van der Waals surface area contributed by atoms with Gasteiger partial charge in [-0.2, -0.15) is 4.98 Å². The quantitative estimate of drug-likeness (QED) is 0.821. The summed E-state index contributed by atoms with van der Waals surface area (Å²) in [6.07, 6.45) is 1.96. The van der Waals surface area contributed by atoms with E-state index in [4.69, 9.17) is 9.26 Å². The third kappa shape index (κ3) is 4.36. The Balaban J connectivity index is 1.37. The molecule has 1 amide bonds. The van der Waals surface area contributed by atoms with Gasteiger partial charge in [0.15, 0.2) is 0 Å². The topological polar surface area (TPSA) is 71.7 Å². The van der Waals surface area contributed by atoms with Crippen LogP contribution in [0.25, 0.3) is 11.4 Å². The zero-order valence-corrected chi connectivity index (χ0v) is 15.8. The Morgan fingerprint density at radius 3 is 2.93 bits per heavy atom. The van der Waals surface area contributed by atoms with Crippen molar-refractivity contribution in [2.75, 3.05) is 39.4 Å². The molecule has 0 saturated carbocycles. The predicted octanol–water partition coefficient (Wildman–Crippen LogP) is 2.12. The second kappa shape index (κ2) is 8.19. The van der Waals surface area contributed by atoms with Crippen LogP contribution in [0.15, 0.2) is 28.8 Å². The van der Waals surface area contributed by atoms with Gasteiger partial charge >= 0.3 is 0 Å². The molecule has 3 heterocycles. The molecule has 2 saturated heterocycles. The van der Waals surface area contributed by atoms with Gasteiger partial charge in [0.2, 0.25) is 17.6 Å². The molecule has 2 aromatic rings. The van der Waals surface area contributed by atoms with E-state index in [0.717, 1.165) is 31.5 Å². The molecule has 0 bridgehead atoms. The van der Waals surface area contributed by atoms with E-state index in [1.165, 1.54) is 5.56 Å². The molecule has 7 heteroatoms. The Morgan fingerprint density at radius 2 is 2.11 bits per heavy atom. The summed E-state index contributed by atoms with van der Waals surface area (Å²) in [7, 11) is 0. The van der Waals surface area contributed by atoms with Gasteiger partial charge < -0.3 is 14.2 Å². The first-order valence-corrected chi connectivity index (χ1v) is 9.67. The van der Waals surface area contributed by atoms with Gasteiger partial charge in [-0.15, -0.1) is 0 Å². The minimum Gasteiger partial charge on any atom is -0.378 e. The number of ether oxygens (including phenoxy) is 1. The summed E-state index contributed by atoms with van der Waals surface area (Å²) in [5.41, 5.74) is 2.13. The lowest BCUT2D eigenvalue weighted by atomic mass is 9.96. The highest BCUT2D eigenvalue weighted by molar-refractivity contribution is 5.79. The molecule has 27 heavy (non-hydrogen) atoms. The first-order valence-electron chi connectivity index (χ1n) is 9.67. The SMILES string of the molecule is Cc1cccc(-c2noc(CN3CCC[C@H](C(=O)N4CCOCC4)C3)n2)c1. The number of rotatable bonds is 4. The number of likely N-dealkylation sites (tertiary alicyclic amines) is 1. The van der Waals surface area contributed by atoms with Crippen molar-refractivity contribution in [3.05, 3.63) is 35.7 Å². The van der Waals surface area contributed by atoms with Crippen LogP contribution in [-0.2, 0) is 16.1 Å². The standard InChI is InChI=1S/C20H26N4O3/c1-15-4-2-5-16(12-15)19-21-18(27-22-19)14-23-7-3-6-17(13-23)20(25)24-8-10-26-11-9-24/h2,4-5,12,17H,3,6-11,13-14H2,1H3/t17-/m0/s1. The summed E-state index contributed by atoms with van der Waals surface area (Å²) in [6.45, 7) is 7.04. The van der Waals surface area contributed by atoms with Crippen molar-refractivity contribution in [2.24, 2.45) is 5.92 Å². The molecule has 2 fully saturated rings. The molecule has 4 rings (SSSR count). The maximum absolute atomic E-state index is 12.8. The number of aryl methyl sites for hydroxylation is 1. The van der Waals surface area contributed by atoms with E-state index in [1.807, 2.05) is 36.1 Å². The van der Waals surface area contributed by atoms with Crippen molar-refractivity contribution >= 4 is 5.91 Å². The minimum atomic E-state index is 0.0519. The molecule has 0 unspecified atom stereocenters. The number of amides is 1. The van der Waals surface area contributed by atoms with E-state index in [-0.39, 0.29) is 11.8 Å². The lowest BCUT2D eigenvalue weighted by Gasteiger charge is -2.35. The highest BCUT2D eigenvalue weighted by Gasteiger charge is 2.30. The van der Waals surface area contributed by atoms with Crippen LogP contribution in [0.1, 0.15) is 24.3 Å². The highest BCUT2D eigenvalue weighted by atomic mass is 16.5. The number of nitrogens with zero attached hydrogens (tertiary/aromatic N) is 4. The molecule has 1 aromatic carbocycles. The predicted molar refractivity (Wildman–Crippen MR) is 99.9 cm³/mol. The second-order valence-electron chi connectivity index (χ2n) is 7.39. The van der Waals surface area contributed by atoms with Crippen LogP contribution in [0.3, 0.4) is 0 Å². The van der Waals surface area contributed by atoms with E-state index < -0.39 is 0 Å². The molecule has 7 nitrogen and oxygen atoms in total. The molecule has 0 radical (unpaired) electrons. The summed E-state index contributed by atoms with van der Waals surface area (Å²) < 4.78 is 10.8. The van der Waals surface area contributed by atoms with Gasteiger partial charge in [-0.1, -0.05) is 28.9 Å². The number of carbonyl (C=O) groups excluding carboxylic acids is 1. The maximum atomic E-state index is 12.8. The summed E-state index contributed by atoms with van der Waals surface area (Å²) in [5.74, 6) is 1.53. The zero-order chi connectivity index (χ0) is 18.6. The van der Waals surface area contributed by atoms with Gasteiger partial charge in [0.1, 0.15) is 0 Å². The molecular formula is C20H26N4O3. The van der Waals surface area contributed by atoms with Gasteiger partial charge in [0, 0.05) is 25.2 Å². The summed E-state index contributed by atoms with van der Waals surface area (Å²) >= 11 is 0. The van der Waals surface area contributed by atoms with Crippen LogP contribution >= 0.6 is 0 Å². The Morgan fingerprint density at radius 1 is 1.26 bits per heavy atom. The Kier molecular flexibility index (Phi) is 5.50. The minimum absolute atomic E-state index is 0.0519. The Bertz CT molecular complexity index is 785. The summed E-state index contributed by atoms with van der Waals surface area (Å²) in [4.78, 5) is 21.5. The fraction of sp³-hybridized carbons (Fsp3) is 0.550. The Hall–Kier alpha value is -2.25. The molecule has 1 atom stereocenters. The van der Waals surface area contributed by atoms with Crippen molar-refractivity contribution in [3.63, 3.8) is 0 Å². The van der Waals surface area contributed by atoms with E-state index in [9.17, 15) is 4.79 Å². The number of morpholine rings is 1. The largest absolute Gasteiger partial charge is 0.378 e. The molecule has 0 spiro atoms. The number of piperidine rings is 1. The van der Waals surface area contributed by atoms with Crippen LogP contribution in [0.2, 0.25) is 0 Å². The normalized spacial score (nSPS) is 21.4. The summed E-state index contributed by atoms with van der Waals surface area (Å²) in [6, 6.07) is 8.07. The summed E-state index contributed by atoms with van der Waals surface area (Å²) in [5, 5.41) is 4.12. The number of hydrogen-bond acceptors (Lipinski definition) is 6. The van der Waals surface area contributed by atoms with Crippen molar-refractivity contribution in [1.29, 1.82) is 0 Å². The highest BCUT2D eigenvalue weighted by Crippen LogP contribution is 2.22. The lowest BCUT2D eigenvalue weighted by Crippen LogP contribution is -2.48. The first-order chi connectivity index (χ1) is 13.2. The van der Waals surface area contributed by atoms with Crippen molar-refractivity contribution in [3.8, 4) is 11.4 Å². The average molecular weight is 370 g/mol. The van der Waals surface area contributed by atoms with Crippen molar-refractivity contribution < 1.29 is 14.1 Å². The smallest absolute Gasteiger partial charge is 0.241 e. The van der Waals surface area contributed by atoms with E-state index in [0.29, 0.717) is 44.6 Å². The molecule has 2 aliphatic heterocycles. The van der Waals surface area contributed by atoms with Crippen LogP contribution < -0.4 is 0 Å². The monoisotopic (exact) mass is 370 g/mol. The first kappa shape index (κ1) is 18.1. The number of carbonyl (C=O) groups is 1. The van der Waals surface area contributed by atoms with Gasteiger partial charge in [-0.3, -0.25) is 9.69 Å². The van der Waals surface area contributed by atoms with E-state index in [1.54, 1.807) is 0 Å². The van der Waals surface area contributed by atoms with Gasteiger partial charge in [-0.05, 0) is 32.4 Å². The second-order valence-corrected chi connectivity index (χ2v) is 7.39. The van der Waals surface area contributed by atoms with E-state index >= 15 is 0 Å². The fourth-order valence-electron chi connectivity index (χ4n) is 3.85. The molecule has 0 aliphatic carbocycles. The maximum Gasteiger partial charge on any atom is 0.241 e. The van der Waals surface area contributed by atoms with E-state index in [2.05, 4.69) is 15.0 Å². The van der Waals surface area contributed by atoms with Gasteiger partial charge in [0.25, 0.3) is 0 Å². The molecule has 0 N–H and O–H groups in total. The molecule has 1 aromatic heterocycles. The van der Waals surface area contributed by atoms with Gasteiger partial charge in [0.05, 0.1) is 25.7 Å². The lowest BCUT2D eigenvalue weighted by molar-refractivity contribution is -0.141. The number of benzene rings is 1. The van der Waals surface area contributed by atoms with Crippen LogP contribution in [0, 0.1) is 12.8 Å². The van der Waals surface area contributed by atoms with Crippen LogP contribution in [0.4, 0.5) is 0 Å². The molecule has 144 valence electrons. The molecule has 2 aliphatic rings. The number of hydrogen-bond donors (Lipinski definition) is 0. The Labute approximate surface area is 159 Å². The third-order valence-electron chi connectivity index (χ3n) is 5.28. The van der Waals surface area contributed by atoms with Crippen LogP contribution in [-0.4, -0.2) is 65.2 Å². The molecular weight excluding hydrogens is 344 g/mol. The van der Waals surface area contributed by atoms with Crippen LogP contribution in [0.5, 0.6) is 0 Å². The van der Waals surface area contributed by atoms with Crippen molar-refractivity contribution in [2.45, 2.75) is 26.3 Å². The third-order valence-corrected chi connectivity index (χ3v) is 5.28.